The maximum absolute atomic E-state index is 4.04. The van der Waals surface area contributed by atoms with Gasteiger partial charge in [-0.15, -0.1) is 0 Å². The van der Waals surface area contributed by atoms with E-state index >= 15 is 0 Å². The van der Waals surface area contributed by atoms with Crippen LogP contribution in [-0.4, -0.2) is 42.5 Å². The first kappa shape index (κ1) is 15.0. The standard InChI is InChI=1S/C12H20N2.C2H6/c1-4-6-7-12(3)14-10-8-13(5-2)9-11-14;1-2/h4,6-7H,1,3,5,8-11H2,2H3;1-2H3/b7-6-;. The van der Waals surface area contributed by atoms with Gasteiger partial charge in [-0.2, -0.15) is 0 Å². The average Bonchev–Trinajstić information content (AvgIpc) is 2.38. The summed E-state index contributed by atoms with van der Waals surface area (Å²) in [7, 11) is 0. The topological polar surface area (TPSA) is 6.48 Å². The predicted octanol–water partition coefficient (Wildman–Crippen LogP) is 2.91. The molecule has 1 aliphatic rings. The van der Waals surface area contributed by atoms with Gasteiger partial charge >= 0.3 is 0 Å². The number of hydrogen-bond acceptors (Lipinski definition) is 2. The van der Waals surface area contributed by atoms with Gasteiger partial charge in [0.2, 0.25) is 0 Å². The Balaban J connectivity index is 0.00000106. The van der Waals surface area contributed by atoms with Crippen LogP contribution >= 0.6 is 0 Å². The molecule has 0 radical (unpaired) electrons. The molecule has 0 amide bonds. The fourth-order valence-corrected chi connectivity index (χ4v) is 1.64. The van der Waals surface area contributed by atoms with E-state index in [1.54, 1.807) is 6.08 Å². The Kier molecular flexibility index (Phi) is 8.64. The molecule has 0 saturated carbocycles. The minimum absolute atomic E-state index is 1.09. The van der Waals surface area contributed by atoms with Crippen molar-refractivity contribution >= 4 is 0 Å². The fourth-order valence-electron chi connectivity index (χ4n) is 1.64. The molecule has 2 nitrogen and oxygen atoms in total. The number of piperazine rings is 1. The normalized spacial score (nSPS) is 16.8. The zero-order chi connectivity index (χ0) is 12.4. The molecular weight excluding hydrogens is 196 g/mol. The van der Waals surface area contributed by atoms with Crippen molar-refractivity contribution in [3.63, 3.8) is 0 Å². The Morgan fingerprint density at radius 1 is 1.19 bits per heavy atom. The number of likely N-dealkylation sites (N-methyl/N-ethyl adjacent to an activating group) is 1. The van der Waals surface area contributed by atoms with Gasteiger partial charge in [0.25, 0.3) is 0 Å². The lowest BCUT2D eigenvalue weighted by molar-refractivity contribution is 0.169. The van der Waals surface area contributed by atoms with E-state index in [9.17, 15) is 0 Å². The number of nitrogens with zero attached hydrogens (tertiary/aromatic N) is 2. The zero-order valence-corrected chi connectivity index (χ0v) is 11.1. The highest BCUT2D eigenvalue weighted by Gasteiger charge is 2.14. The van der Waals surface area contributed by atoms with E-state index in [4.69, 9.17) is 0 Å². The second kappa shape index (κ2) is 9.22. The predicted molar refractivity (Wildman–Crippen MR) is 73.5 cm³/mol. The molecule has 16 heavy (non-hydrogen) atoms. The Labute approximate surface area is 101 Å². The van der Waals surface area contributed by atoms with Crippen molar-refractivity contribution in [2.24, 2.45) is 0 Å². The molecular formula is C14H26N2. The smallest absolute Gasteiger partial charge is 0.0306 e. The Morgan fingerprint density at radius 2 is 1.75 bits per heavy atom. The van der Waals surface area contributed by atoms with Crippen LogP contribution in [0, 0.1) is 0 Å². The van der Waals surface area contributed by atoms with E-state index in [1.807, 2.05) is 26.0 Å². The van der Waals surface area contributed by atoms with Gasteiger partial charge in [-0.3, -0.25) is 0 Å². The number of hydrogen-bond donors (Lipinski definition) is 0. The summed E-state index contributed by atoms with van der Waals surface area (Å²) >= 11 is 0. The molecule has 92 valence electrons. The van der Waals surface area contributed by atoms with Crippen molar-refractivity contribution in [1.29, 1.82) is 0 Å². The molecule has 0 aromatic heterocycles. The average molecular weight is 222 g/mol. The van der Waals surface area contributed by atoms with E-state index in [0.29, 0.717) is 0 Å². The van der Waals surface area contributed by atoms with Gasteiger partial charge in [-0.1, -0.05) is 46.1 Å². The third kappa shape index (κ3) is 5.17. The summed E-state index contributed by atoms with van der Waals surface area (Å²) in [6.45, 7) is 19.5. The molecule has 0 bridgehead atoms. The van der Waals surface area contributed by atoms with Crippen molar-refractivity contribution in [1.82, 2.24) is 9.80 Å². The van der Waals surface area contributed by atoms with Crippen molar-refractivity contribution in [2.75, 3.05) is 32.7 Å². The Hall–Kier alpha value is -1.02. The summed E-state index contributed by atoms with van der Waals surface area (Å²) in [5.41, 5.74) is 1.10. The Bertz CT molecular complexity index is 223. The lowest BCUT2D eigenvalue weighted by Crippen LogP contribution is -2.45. The summed E-state index contributed by atoms with van der Waals surface area (Å²) in [5.74, 6) is 0. The van der Waals surface area contributed by atoms with Gasteiger partial charge in [0.15, 0.2) is 0 Å². The van der Waals surface area contributed by atoms with E-state index in [1.165, 1.54) is 0 Å². The van der Waals surface area contributed by atoms with Crippen molar-refractivity contribution in [2.45, 2.75) is 20.8 Å². The van der Waals surface area contributed by atoms with Crippen molar-refractivity contribution in [3.05, 3.63) is 37.1 Å². The summed E-state index contributed by atoms with van der Waals surface area (Å²) in [6, 6.07) is 0. The van der Waals surface area contributed by atoms with Crippen molar-refractivity contribution in [3.8, 4) is 0 Å². The van der Waals surface area contributed by atoms with Crippen LogP contribution in [0.3, 0.4) is 0 Å². The van der Waals surface area contributed by atoms with E-state index in [2.05, 4.69) is 29.9 Å². The summed E-state index contributed by atoms with van der Waals surface area (Å²) in [6.07, 6.45) is 5.75. The third-order valence-corrected chi connectivity index (χ3v) is 2.65. The first-order chi connectivity index (χ1) is 7.77. The van der Waals surface area contributed by atoms with Crippen LogP contribution in [0.15, 0.2) is 37.1 Å². The summed E-state index contributed by atoms with van der Waals surface area (Å²) in [4.78, 5) is 4.78. The molecule has 0 atom stereocenters. The second-order valence-electron chi connectivity index (χ2n) is 3.51. The molecule has 0 N–H and O–H groups in total. The minimum atomic E-state index is 1.09. The van der Waals surface area contributed by atoms with Crippen LogP contribution in [-0.2, 0) is 0 Å². The summed E-state index contributed by atoms with van der Waals surface area (Å²) < 4.78 is 0. The monoisotopic (exact) mass is 222 g/mol. The van der Waals surface area contributed by atoms with Gasteiger partial charge in [-0.05, 0) is 12.6 Å². The maximum atomic E-state index is 4.04. The van der Waals surface area contributed by atoms with Gasteiger partial charge in [-0.25, -0.2) is 0 Å². The Morgan fingerprint density at radius 3 is 2.19 bits per heavy atom. The van der Waals surface area contributed by atoms with Gasteiger partial charge in [0, 0.05) is 31.9 Å². The fraction of sp³-hybridized carbons (Fsp3) is 0.571. The molecule has 0 aliphatic carbocycles. The van der Waals surface area contributed by atoms with Gasteiger partial charge < -0.3 is 9.80 Å². The molecule has 1 heterocycles. The highest BCUT2D eigenvalue weighted by molar-refractivity contribution is 5.17. The maximum Gasteiger partial charge on any atom is 0.0306 e. The van der Waals surface area contributed by atoms with E-state index < -0.39 is 0 Å². The summed E-state index contributed by atoms with van der Waals surface area (Å²) in [5, 5.41) is 0. The number of rotatable bonds is 4. The van der Waals surface area contributed by atoms with Crippen LogP contribution in [0.5, 0.6) is 0 Å². The molecule has 1 fully saturated rings. The van der Waals surface area contributed by atoms with Crippen LogP contribution in [0.1, 0.15) is 20.8 Å². The largest absolute Gasteiger partial charge is 0.369 e. The zero-order valence-electron chi connectivity index (χ0n) is 11.1. The third-order valence-electron chi connectivity index (χ3n) is 2.65. The molecule has 2 heteroatoms. The molecule has 0 aromatic carbocycles. The van der Waals surface area contributed by atoms with Crippen LogP contribution in [0.2, 0.25) is 0 Å². The SMILES string of the molecule is C=C/C=C\C(=C)N1CCN(CC)CC1.CC. The molecule has 1 rings (SSSR count). The van der Waals surface area contributed by atoms with Crippen LogP contribution < -0.4 is 0 Å². The molecule has 1 aliphatic heterocycles. The first-order valence-corrected chi connectivity index (χ1v) is 6.23. The molecule has 0 spiro atoms. The second-order valence-corrected chi connectivity index (χ2v) is 3.51. The lowest BCUT2D eigenvalue weighted by Gasteiger charge is -2.35. The minimum Gasteiger partial charge on any atom is -0.369 e. The number of allylic oxidation sites excluding steroid dienone is 3. The van der Waals surface area contributed by atoms with Crippen molar-refractivity contribution < 1.29 is 0 Å². The van der Waals surface area contributed by atoms with Gasteiger partial charge in [0.1, 0.15) is 0 Å². The first-order valence-electron chi connectivity index (χ1n) is 6.23. The quantitative estimate of drug-likeness (QED) is 0.675. The van der Waals surface area contributed by atoms with E-state index in [0.717, 1.165) is 38.4 Å². The highest BCUT2D eigenvalue weighted by Crippen LogP contribution is 2.08. The lowest BCUT2D eigenvalue weighted by atomic mass is 10.2. The highest BCUT2D eigenvalue weighted by atomic mass is 15.3. The molecule has 0 aromatic rings. The molecule has 0 unspecified atom stereocenters. The van der Waals surface area contributed by atoms with Gasteiger partial charge in [0.05, 0.1) is 0 Å². The van der Waals surface area contributed by atoms with Crippen LogP contribution in [0.25, 0.3) is 0 Å². The van der Waals surface area contributed by atoms with Crippen LogP contribution in [0.4, 0.5) is 0 Å². The molecule has 1 saturated heterocycles. The van der Waals surface area contributed by atoms with E-state index in [-0.39, 0.29) is 0 Å².